The molecule has 0 radical (unpaired) electrons. The number of benzene rings is 1. The van der Waals surface area contributed by atoms with Gasteiger partial charge in [0.15, 0.2) is 0 Å². The van der Waals surface area contributed by atoms with Gasteiger partial charge in [-0.1, -0.05) is 0 Å². The Morgan fingerprint density at radius 1 is 1.53 bits per heavy atom. The van der Waals surface area contributed by atoms with Gasteiger partial charge >= 0.3 is 5.97 Å². The van der Waals surface area contributed by atoms with E-state index in [9.17, 15) is 4.79 Å². The summed E-state index contributed by atoms with van der Waals surface area (Å²) in [4.78, 5) is 10.7. The van der Waals surface area contributed by atoms with Crippen molar-refractivity contribution in [3.05, 3.63) is 23.8 Å². The Morgan fingerprint density at radius 3 is 2.76 bits per heavy atom. The third kappa shape index (κ3) is 4.32. The van der Waals surface area contributed by atoms with Crippen molar-refractivity contribution in [3.63, 3.8) is 0 Å². The second-order valence-electron chi connectivity index (χ2n) is 3.95. The zero-order valence-electron chi connectivity index (χ0n) is 10.1. The quantitative estimate of drug-likeness (QED) is 0.520. The Hall–Kier alpha value is -1.75. The van der Waals surface area contributed by atoms with Crippen LogP contribution < -0.4 is 11.1 Å². The molecule has 0 aliphatic rings. The lowest BCUT2D eigenvalue weighted by Crippen LogP contribution is -2.13. The van der Waals surface area contributed by atoms with E-state index < -0.39 is 5.97 Å². The smallest absolute Gasteiger partial charge is 0.337 e. The fraction of sp³-hybridized carbons (Fsp3) is 0.417. The number of aromatic carboxylic acids is 1. The van der Waals surface area contributed by atoms with Crippen LogP contribution in [0.15, 0.2) is 18.2 Å². The van der Waals surface area contributed by atoms with E-state index in [0.29, 0.717) is 13.2 Å². The van der Waals surface area contributed by atoms with Crippen LogP contribution in [0.4, 0.5) is 11.4 Å². The number of ether oxygens (including phenoxy) is 1. The summed E-state index contributed by atoms with van der Waals surface area (Å²) in [5, 5.41) is 11.9. The summed E-state index contributed by atoms with van der Waals surface area (Å²) in [7, 11) is 0. The summed E-state index contributed by atoms with van der Waals surface area (Å²) in [5.41, 5.74) is 6.79. The van der Waals surface area contributed by atoms with Crippen LogP contribution in [0.1, 0.15) is 24.2 Å². The standard InChI is InChI=1S/C12H18N2O3/c1-8(2)17-6-5-14-9-3-4-10(12(15)16)11(13)7-9/h3-4,7-8,14H,5-6,13H2,1-2H3,(H,15,16). The number of carboxylic acids is 1. The lowest BCUT2D eigenvalue weighted by Gasteiger charge is -2.10. The number of hydrogen-bond acceptors (Lipinski definition) is 4. The number of anilines is 2. The highest BCUT2D eigenvalue weighted by Gasteiger charge is 2.07. The number of nitrogens with one attached hydrogen (secondary N) is 1. The number of nitrogens with two attached hydrogens (primary N) is 1. The minimum Gasteiger partial charge on any atom is -0.478 e. The molecule has 0 aromatic heterocycles. The van der Waals surface area contributed by atoms with Crippen LogP contribution in [0.3, 0.4) is 0 Å². The van der Waals surface area contributed by atoms with Crippen molar-refractivity contribution in [1.29, 1.82) is 0 Å². The summed E-state index contributed by atoms with van der Waals surface area (Å²) in [6.07, 6.45) is 0.205. The molecule has 0 spiro atoms. The van der Waals surface area contributed by atoms with Gasteiger partial charge in [-0.15, -0.1) is 0 Å². The Kier molecular flexibility index (Phi) is 4.78. The van der Waals surface area contributed by atoms with E-state index in [1.165, 1.54) is 6.07 Å². The van der Waals surface area contributed by atoms with Crippen molar-refractivity contribution in [3.8, 4) is 0 Å². The van der Waals surface area contributed by atoms with Gasteiger partial charge in [0.2, 0.25) is 0 Å². The summed E-state index contributed by atoms with van der Waals surface area (Å²) < 4.78 is 5.37. The highest BCUT2D eigenvalue weighted by atomic mass is 16.5. The predicted octanol–water partition coefficient (Wildman–Crippen LogP) is 1.80. The summed E-state index contributed by atoms with van der Waals surface area (Å²) in [6, 6.07) is 4.79. The normalized spacial score (nSPS) is 10.5. The molecule has 0 fully saturated rings. The van der Waals surface area contributed by atoms with Crippen LogP contribution >= 0.6 is 0 Å². The highest BCUT2D eigenvalue weighted by molar-refractivity contribution is 5.94. The first-order valence-electron chi connectivity index (χ1n) is 5.49. The molecule has 0 saturated carbocycles. The fourth-order valence-electron chi connectivity index (χ4n) is 1.36. The first-order chi connectivity index (χ1) is 8.00. The first-order valence-corrected chi connectivity index (χ1v) is 5.49. The Bertz CT molecular complexity index is 391. The molecule has 0 amide bonds. The van der Waals surface area contributed by atoms with Gasteiger partial charge in [-0.2, -0.15) is 0 Å². The second-order valence-corrected chi connectivity index (χ2v) is 3.95. The molecule has 17 heavy (non-hydrogen) atoms. The minimum absolute atomic E-state index is 0.119. The molecule has 0 bridgehead atoms. The van der Waals surface area contributed by atoms with Crippen molar-refractivity contribution in [2.24, 2.45) is 0 Å². The Morgan fingerprint density at radius 2 is 2.24 bits per heavy atom. The molecule has 1 aromatic rings. The number of carboxylic acid groups (broad SMARTS) is 1. The van der Waals surface area contributed by atoms with E-state index in [0.717, 1.165) is 5.69 Å². The van der Waals surface area contributed by atoms with Gasteiger partial charge in [0.25, 0.3) is 0 Å². The fourth-order valence-corrected chi connectivity index (χ4v) is 1.36. The van der Waals surface area contributed by atoms with E-state index in [2.05, 4.69) is 5.32 Å². The topological polar surface area (TPSA) is 84.6 Å². The first kappa shape index (κ1) is 13.3. The lowest BCUT2D eigenvalue weighted by atomic mass is 10.1. The molecule has 0 aliphatic heterocycles. The van der Waals surface area contributed by atoms with E-state index in [4.69, 9.17) is 15.6 Å². The van der Waals surface area contributed by atoms with Gasteiger partial charge in [-0.05, 0) is 32.0 Å². The summed E-state index contributed by atoms with van der Waals surface area (Å²) in [6.45, 7) is 5.20. The molecule has 4 N–H and O–H groups in total. The van der Waals surface area contributed by atoms with Crippen LogP contribution in [-0.4, -0.2) is 30.3 Å². The zero-order valence-corrected chi connectivity index (χ0v) is 10.1. The van der Waals surface area contributed by atoms with Gasteiger partial charge in [0.05, 0.1) is 18.3 Å². The number of nitrogen functional groups attached to an aromatic ring is 1. The number of hydrogen-bond donors (Lipinski definition) is 3. The van der Waals surface area contributed by atoms with Gasteiger partial charge in [0, 0.05) is 17.9 Å². The molecule has 0 saturated heterocycles. The SMILES string of the molecule is CC(C)OCCNc1ccc(C(=O)O)c(N)c1. The molecule has 0 heterocycles. The maximum Gasteiger partial charge on any atom is 0.337 e. The number of rotatable bonds is 6. The monoisotopic (exact) mass is 238 g/mol. The van der Waals surface area contributed by atoms with Gasteiger partial charge in [-0.25, -0.2) is 4.79 Å². The largest absolute Gasteiger partial charge is 0.478 e. The average molecular weight is 238 g/mol. The van der Waals surface area contributed by atoms with Crippen LogP contribution in [0.25, 0.3) is 0 Å². The predicted molar refractivity (Wildman–Crippen MR) is 67.4 cm³/mol. The van der Waals surface area contributed by atoms with E-state index in [-0.39, 0.29) is 17.4 Å². The summed E-state index contributed by atoms with van der Waals surface area (Å²) in [5.74, 6) is -1.02. The molecular weight excluding hydrogens is 220 g/mol. The van der Waals surface area contributed by atoms with Gasteiger partial charge < -0.3 is 20.9 Å². The van der Waals surface area contributed by atoms with Crippen LogP contribution in [-0.2, 0) is 4.74 Å². The Balaban J connectivity index is 2.50. The highest BCUT2D eigenvalue weighted by Crippen LogP contribution is 2.17. The molecule has 5 nitrogen and oxygen atoms in total. The average Bonchev–Trinajstić information content (AvgIpc) is 2.23. The zero-order chi connectivity index (χ0) is 12.8. The van der Waals surface area contributed by atoms with E-state index in [1.807, 2.05) is 13.8 Å². The van der Waals surface area contributed by atoms with Crippen LogP contribution in [0.2, 0.25) is 0 Å². The van der Waals surface area contributed by atoms with Crippen molar-refractivity contribution >= 4 is 17.3 Å². The Labute approximate surface area is 101 Å². The maximum atomic E-state index is 10.7. The lowest BCUT2D eigenvalue weighted by molar-refractivity contribution is 0.0698. The van der Waals surface area contributed by atoms with Gasteiger partial charge in [-0.3, -0.25) is 0 Å². The molecule has 0 atom stereocenters. The van der Waals surface area contributed by atoms with Crippen molar-refractivity contribution in [2.45, 2.75) is 20.0 Å². The molecule has 94 valence electrons. The van der Waals surface area contributed by atoms with E-state index in [1.54, 1.807) is 12.1 Å². The molecule has 1 rings (SSSR count). The molecule has 5 heteroatoms. The third-order valence-corrected chi connectivity index (χ3v) is 2.16. The molecule has 0 aliphatic carbocycles. The molecular formula is C12H18N2O3. The third-order valence-electron chi connectivity index (χ3n) is 2.16. The van der Waals surface area contributed by atoms with Crippen LogP contribution in [0, 0.1) is 0 Å². The van der Waals surface area contributed by atoms with E-state index >= 15 is 0 Å². The summed E-state index contributed by atoms with van der Waals surface area (Å²) >= 11 is 0. The van der Waals surface area contributed by atoms with Crippen molar-refractivity contribution in [2.75, 3.05) is 24.2 Å². The second kappa shape index (κ2) is 6.10. The number of carbonyl (C=O) groups is 1. The van der Waals surface area contributed by atoms with Gasteiger partial charge in [0.1, 0.15) is 0 Å². The molecule has 1 aromatic carbocycles. The van der Waals surface area contributed by atoms with Crippen molar-refractivity contribution in [1.82, 2.24) is 0 Å². The maximum absolute atomic E-state index is 10.7. The minimum atomic E-state index is -1.02. The van der Waals surface area contributed by atoms with Crippen molar-refractivity contribution < 1.29 is 14.6 Å². The van der Waals surface area contributed by atoms with Crippen LogP contribution in [0.5, 0.6) is 0 Å². The molecule has 0 unspecified atom stereocenters.